The van der Waals surface area contributed by atoms with Crippen LogP contribution < -0.4 is 5.73 Å². The van der Waals surface area contributed by atoms with Crippen molar-refractivity contribution in [1.82, 2.24) is 0 Å². The standard InChI is InChI=1S/C10H12NO/c1-10(2,11)9(12)8-6-4-3-5-7-8/h4-7H,11H2,1-2H3. The van der Waals surface area contributed by atoms with Gasteiger partial charge in [-0.25, -0.2) is 0 Å². The molecule has 0 aliphatic rings. The Hall–Kier alpha value is -1.15. The number of hydrogen-bond acceptors (Lipinski definition) is 2. The van der Waals surface area contributed by atoms with Crippen molar-refractivity contribution in [2.45, 2.75) is 19.4 Å². The van der Waals surface area contributed by atoms with E-state index in [1.807, 2.05) is 0 Å². The van der Waals surface area contributed by atoms with Crippen LogP contribution in [0.15, 0.2) is 24.3 Å². The first-order valence-corrected chi connectivity index (χ1v) is 3.81. The summed E-state index contributed by atoms with van der Waals surface area (Å²) in [6, 6.07) is 9.70. The molecule has 0 heterocycles. The van der Waals surface area contributed by atoms with Gasteiger partial charge < -0.3 is 5.73 Å². The van der Waals surface area contributed by atoms with Gasteiger partial charge >= 0.3 is 0 Å². The van der Waals surface area contributed by atoms with Gasteiger partial charge in [-0.05, 0) is 19.9 Å². The van der Waals surface area contributed by atoms with E-state index >= 15 is 0 Å². The van der Waals surface area contributed by atoms with Crippen molar-refractivity contribution in [3.05, 3.63) is 35.9 Å². The number of rotatable bonds is 2. The molecule has 0 aliphatic carbocycles. The predicted octanol–water partition coefficient (Wildman–Crippen LogP) is 1.41. The molecular weight excluding hydrogens is 150 g/mol. The molecule has 0 amide bonds. The van der Waals surface area contributed by atoms with Crippen LogP contribution in [0, 0.1) is 6.07 Å². The van der Waals surface area contributed by atoms with Crippen molar-refractivity contribution < 1.29 is 4.79 Å². The summed E-state index contributed by atoms with van der Waals surface area (Å²) >= 11 is 0. The third kappa shape index (κ3) is 1.92. The summed E-state index contributed by atoms with van der Waals surface area (Å²) in [5.74, 6) is -0.0449. The van der Waals surface area contributed by atoms with E-state index in [9.17, 15) is 4.79 Å². The van der Waals surface area contributed by atoms with E-state index in [2.05, 4.69) is 6.07 Å². The van der Waals surface area contributed by atoms with Gasteiger partial charge in [-0.3, -0.25) is 4.79 Å². The lowest BCUT2D eigenvalue weighted by Gasteiger charge is -2.16. The van der Waals surface area contributed by atoms with Gasteiger partial charge in [-0.1, -0.05) is 24.3 Å². The zero-order valence-electron chi connectivity index (χ0n) is 7.29. The molecule has 12 heavy (non-hydrogen) atoms. The van der Waals surface area contributed by atoms with Gasteiger partial charge in [0, 0.05) is 5.56 Å². The summed E-state index contributed by atoms with van der Waals surface area (Å²) in [5, 5.41) is 0. The van der Waals surface area contributed by atoms with Crippen molar-refractivity contribution in [3.8, 4) is 0 Å². The SMILES string of the molecule is CC(C)(N)C(=O)c1cc[c]cc1. The van der Waals surface area contributed by atoms with Crippen LogP contribution in [0.4, 0.5) is 0 Å². The van der Waals surface area contributed by atoms with Crippen LogP contribution in [-0.4, -0.2) is 11.3 Å². The molecule has 0 aliphatic heterocycles. The molecule has 0 aromatic heterocycles. The summed E-state index contributed by atoms with van der Waals surface area (Å²) in [5.41, 5.74) is 5.50. The monoisotopic (exact) mass is 162 g/mol. The van der Waals surface area contributed by atoms with E-state index in [1.54, 1.807) is 38.1 Å². The molecule has 1 aromatic carbocycles. The fourth-order valence-electron chi connectivity index (χ4n) is 0.910. The average Bonchev–Trinajstić information content (AvgIpc) is 2.03. The van der Waals surface area contributed by atoms with E-state index in [1.165, 1.54) is 0 Å². The first kappa shape index (κ1) is 8.94. The van der Waals surface area contributed by atoms with Gasteiger partial charge in [-0.2, -0.15) is 0 Å². The summed E-state index contributed by atoms with van der Waals surface area (Å²) < 4.78 is 0. The normalized spacial score (nSPS) is 11.2. The Morgan fingerprint density at radius 1 is 1.42 bits per heavy atom. The van der Waals surface area contributed by atoms with E-state index in [0.717, 1.165) is 0 Å². The first-order chi connectivity index (χ1) is 5.52. The summed E-state index contributed by atoms with van der Waals surface area (Å²) in [4.78, 5) is 11.5. The van der Waals surface area contributed by atoms with Gasteiger partial charge in [-0.15, -0.1) is 0 Å². The van der Waals surface area contributed by atoms with Crippen LogP contribution in [0.2, 0.25) is 0 Å². The van der Waals surface area contributed by atoms with Crippen LogP contribution in [0.1, 0.15) is 24.2 Å². The van der Waals surface area contributed by atoms with Gasteiger partial charge in [0.05, 0.1) is 5.54 Å². The number of ketones is 1. The molecule has 63 valence electrons. The average molecular weight is 162 g/mol. The van der Waals surface area contributed by atoms with Crippen molar-refractivity contribution in [1.29, 1.82) is 0 Å². The maximum atomic E-state index is 11.5. The summed E-state index contributed by atoms with van der Waals surface area (Å²) in [6.45, 7) is 3.40. The first-order valence-electron chi connectivity index (χ1n) is 3.81. The Morgan fingerprint density at radius 2 is 1.92 bits per heavy atom. The van der Waals surface area contributed by atoms with Gasteiger partial charge in [0.2, 0.25) is 0 Å². The van der Waals surface area contributed by atoms with Crippen LogP contribution >= 0.6 is 0 Å². The molecule has 0 bridgehead atoms. The molecule has 0 atom stereocenters. The molecule has 0 unspecified atom stereocenters. The zero-order valence-corrected chi connectivity index (χ0v) is 7.29. The Balaban J connectivity index is 2.94. The van der Waals surface area contributed by atoms with E-state index in [-0.39, 0.29) is 5.78 Å². The highest BCUT2D eigenvalue weighted by Crippen LogP contribution is 2.08. The number of carbonyl (C=O) groups is 1. The molecule has 1 radical (unpaired) electrons. The minimum absolute atomic E-state index is 0.0449. The molecule has 1 aromatic rings. The van der Waals surface area contributed by atoms with E-state index in [4.69, 9.17) is 5.73 Å². The topological polar surface area (TPSA) is 43.1 Å². The number of Topliss-reactive ketones (excluding diaryl/α,β-unsaturated/α-hetero) is 1. The van der Waals surface area contributed by atoms with Crippen molar-refractivity contribution >= 4 is 5.78 Å². The van der Waals surface area contributed by atoms with Crippen molar-refractivity contribution in [2.24, 2.45) is 5.73 Å². The number of nitrogens with two attached hydrogens (primary N) is 1. The third-order valence-electron chi connectivity index (χ3n) is 1.57. The lowest BCUT2D eigenvalue weighted by Crippen LogP contribution is -2.41. The highest BCUT2D eigenvalue weighted by Gasteiger charge is 2.22. The van der Waals surface area contributed by atoms with Crippen molar-refractivity contribution in [2.75, 3.05) is 0 Å². The lowest BCUT2D eigenvalue weighted by atomic mass is 9.95. The molecule has 0 saturated heterocycles. The third-order valence-corrected chi connectivity index (χ3v) is 1.57. The number of benzene rings is 1. The Bertz CT molecular complexity index is 272. The molecule has 0 fully saturated rings. The minimum atomic E-state index is -0.790. The molecule has 0 saturated carbocycles. The highest BCUT2D eigenvalue weighted by molar-refractivity contribution is 6.02. The smallest absolute Gasteiger partial charge is 0.182 e. The number of carbonyl (C=O) groups excluding carboxylic acids is 1. The highest BCUT2D eigenvalue weighted by atomic mass is 16.1. The molecule has 2 nitrogen and oxygen atoms in total. The minimum Gasteiger partial charge on any atom is -0.319 e. The largest absolute Gasteiger partial charge is 0.319 e. The molecule has 2 heteroatoms. The number of hydrogen-bond donors (Lipinski definition) is 1. The molecule has 2 N–H and O–H groups in total. The molecular formula is C10H12NO. The maximum Gasteiger partial charge on any atom is 0.182 e. The van der Waals surface area contributed by atoms with Crippen LogP contribution in [0.5, 0.6) is 0 Å². The predicted molar refractivity (Wildman–Crippen MR) is 47.9 cm³/mol. The fourth-order valence-corrected chi connectivity index (χ4v) is 0.910. The zero-order chi connectivity index (χ0) is 9.19. The summed E-state index contributed by atoms with van der Waals surface area (Å²) in [7, 11) is 0. The van der Waals surface area contributed by atoms with E-state index < -0.39 is 5.54 Å². The Kier molecular flexibility index (Phi) is 2.29. The molecule has 0 spiro atoms. The maximum absolute atomic E-state index is 11.5. The van der Waals surface area contributed by atoms with Gasteiger partial charge in [0.15, 0.2) is 5.78 Å². The van der Waals surface area contributed by atoms with Gasteiger partial charge in [0.25, 0.3) is 0 Å². The van der Waals surface area contributed by atoms with E-state index in [0.29, 0.717) is 5.56 Å². The Labute approximate surface area is 72.4 Å². The van der Waals surface area contributed by atoms with Crippen LogP contribution in [-0.2, 0) is 0 Å². The fraction of sp³-hybridized carbons (Fsp3) is 0.300. The summed E-state index contributed by atoms with van der Waals surface area (Å²) in [6.07, 6.45) is 0. The second kappa shape index (κ2) is 3.07. The quantitative estimate of drug-likeness (QED) is 0.668. The molecule has 1 rings (SSSR count). The van der Waals surface area contributed by atoms with Gasteiger partial charge in [0.1, 0.15) is 0 Å². The second-order valence-corrected chi connectivity index (χ2v) is 3.34. The van der Waals surface area contributed by atoms with Crippen LogP contribution in [0.25, 0.3) is 0 Å². The lowest BCUT2D eigenvalue weighted by molar-refractivity contribution is 0.0913. The second-order valence-electron chi connectivity index (χ2n) is 3.34. The Morgan fingerprint density at radius 3 is 2.33 bits per heavy atom. The van der Waals surface area contributed by atoms with Crippen LogP contribution in [0.3, 0.4) is 0 Å². The van der Waals surface area contributed by atoms with Crippen molar-refractivity contribution in [3.63, 3.8) is 0 Å².